The summed E-state index contributed by atoms with van der Waals surface area (Å²) >= 11 is 0. The van der Waals surface area contributed by atoms with Crippen LogP contribution < -0.4 is 16.4 Å². The fourth-order valence-corrected chi connectivity index (χ4v) is 5.14. The van der Waals surface area contributed by atoms with Crippen LogP contribution in [0.4, 0.5) is 30.4 Å². The molecule has 1 saturated heterocycles. The number of alkyl halides is 3. The molecule has 12 heteroatoms. The maximum Gasteiger partial charge on any atom is 0.416 e. The van der Waals surface area contributed by atoms with Crippen LogP contribution >= 0.6 is 0 Å². The minimum atomic E-state index is -4.58. The number of piperazine rings is 1. The predicted octanol–water partition coefficient (Wildman–Crippen LogP) is 5.18. The third-order valence-corrected chi connectivity index (χ3v) is 7.67. The Morgan fingerprint density at radius 2 is 1.67 bits per heavy atom. The number of aryl methyl sites for hydroxylation is 1. The van der Waals surface area contributed by atoms with Crippen molar-refractivity contribution < 1.29 is 22.8 Å². The van der Waals surface area contributed by atoms with E-state index in [-0.39, 0.29) is 34.7 Å². The highest BCUT2D eigenvalue weighted by Gasteiger charge is 2.34. The van der Waals surface area contributed by atoms with Crippen molar-refractivity contribution >= 4 is 39.9 Å². The molecule has 1 aromatic heterocycles. The smallest absolute Gasteiger partial charge is 0.383 e. The van der Waals surface area contributed by atoms with Crippen LogP contribution in [0.3, 0.4) is 0 Å². The van der Waals surface area contributed by atoms with Gasteiger partial charge in [-0.2, -0.15) is 13.2 Å². The summed E-state index contributed by atoms with van der Waals surface area (Å²) in [7, 11) is 0. The summed E-state index contributed by atoms with van der Waals surface area (Å²) in [6.07, 6.45) is -3.31. The third-order valence-electron chi connectivity index (χ3n) is 7.67. The molecular formula is C31H32F3N7O2. The molecule has 43 heavy (non-hydrogen) atoms. The number of para-hydroxylation sites is 1. The summed E-state index contributed by atoms with van der Waals surface area (Å²) in [6, 6.07) is 13.5. The summed E-state index contributed by atoms with van der Waals surface area (Å²) in [5.41, 5.74) is 7.19. The van der Waals surface area contributed by atoms with Crippen LogP contribution in [0.15, 0.2) is 60.9 Å². The van der Waals surface area contributed by atoms with Gasteiger partial charge < -0.3 is 21.3 Å². The first kappa shape index (κ1) is 29.9. The number of benzene rings is 3. The van der Waals surface area contributed by atoms with Crippen molar-refractivity contribution in [1.82, 2.24) is 19.8 Å². The predicted molar refractivity (Wildman–Crippen MR) is 160 cm³/mol. The number of aromatic nitrogens is 2. The number of nitrogen functional groups attached to an aromatic ring is 1. The summed E-state index contributed by atoms with van der Waals surface area (Å²) in [6.45, 7) is 7.94. The molecule has 3 aromatic carbocycles. The fourth-order valence-electron chi connectivity index (χ4n) is 5.14. The number of hydrogen-bond donors (Lipinski definition) is 3. The first-order valence-electron chi connectivity index (χ1n) is 13.9. The molecule has 1 aliphatic rings. The molecule has 0 spiro atoms. The van der Waals surface area contributed by atoms with Crippen LogP contribution in [0.2, 0.25) is 0 Å². The number of fused-ring (bicyclic) bond motifs is 1. The number of nitrogens with two attached hydrogens (primary N) is 1. The average Bonchev–Trinajstić information content (AvgIpc) is 2.98. The Bertz CT molecular complexity index is 1670. The number of nitrogens with one attached hydrogen (secondary N) is 2. The van der Waals surface area contributed by atoms with Gasteiger partial charge in [-0.1, -0.05) is 25.1 Å². The number of halogens is 3. The van der Waals surface area contributed by atoms with Gasteiger partial charge >= 0.3 is 6.18 Å². The van der Waals surface area contributed by atoms with Crippen LogP contribution in [0.25, 0.3) is 10.9 Å². The van der Waals surface area contributed by atoms with E-state index in [0.717, 1.165) is 25.7 Å². The highest BCUT2D eigenvalue weighted by Crippen LogP contribution is 2.35. The standard InChI is InChI=1S/C31H32F3N7O2/c1-3-40-11-13-41(14-12-40)17-21-9-10-22(16-25(21)31(32,33)34)38-29(42)20-8-7-19(2)26(15-20)39-30(43)24-6-4-5-23-27(24)36-18-37-28(23)35/h4-10,15-16,18H,3,11-14,17H2,1-2H3,(H,38,42)(H,39,43)(H2,35,36,37). The number of amides is 2. The van der Waals surface area contributed by atoms with Gasteiger partial charge in [-0.05, 0) is 61.0 Å². The highest BCUT2D eigenvalue weighted by atomic mass is 19.4. The molecule has 4 N–H and O–H groups in total. The van der Waals surface area contributed by atoms with Crippen LogP contribution in [-0.2, 0) is 12.7 Å². The molecule has 224 valence electrons. The Hall–Kier alpha value is -4.55. The number of anilines is 3. The van der Waals surface area contributed by atoms with E-state index in [1.54, 1.807) is 37.3 Å². The Morgan fingerprint density at radius 1 is 0.930 bits per heavy atom. The van der Waals surface area contributed by atoms with E-state index in [2.05, 4.69) is 32.4 Å². The average molecular weight is 592 g/mol. The van der Waals surface area contributed by atoms with Crippen molar-refractivity contribution in [3.8, 4) is 0 Å². The van der Waals surface area contributed by atoms with Gasteiger partial charge in [-0.3, -0.25) is 14.5 Å². The minimum Gasteiger partial charge on any atom is -0.383 e. The molecule has 2 heterocycles. The van der Waals surface area contributed by atoms with Crippen LogP contribution in [0, 0.1) is 6.92 Å². The topological polar surface area (TPSA) is 116 Å². The lowest BCUT2D eigenvalue weighted by molar-refractivity contribution is -0.138. The van der Waals surface area contributed by atoms with Gasteiger partial charge in [0.25, 0.3) is 11.8 Å². The largest absolute Gasteiger partial charge is 0.416 e. The second-order valence-corrected chi connectivity index (χ2v) is 10.5. The van der Waals surface area contributed by atoms with E-state index in [1.165, 1.54) is 24.5 Å². The second-order valence-electron chi connectivity index (χ2n) is 10.5. The lowest BCUT2D eigenvalue weighted by Crippen LogP contribution is -2.45. The van der Waals surface area contributed by atoms with Gasteiger partial charge in [-0.25, -0.2) is 9.97 Å². The molecule has 0 bridgehead atoms. The molecule has 2 amide bonds. The molecule has 0 unspecified atom stereocenters. The number of carbonyl (C=O) groups is 2. The summed E-state index contributed by atoms with van der Waals surface area (Å²) < 4.78 is 42.1. The van der Waals surface area contributed by atoms with Crippen molar-refractivity contribution in [2.24, 2.45) is 0 Å². The summed E-state index contributed by atoms with van der Waals surface area (Å²) in [4.78, 5) is 38.7. The van der Waals surface area contributed by atoms with Crippen molar-refractivity contribution in [2.75, 3.05) is 49.1 Å². The Morgan fingerprint density at radius 3 is 2.40 bits per heavy atom. The zero-order valence-electron chi connectivity index (χ0n) is 23.8. The van der Waals surface area contributed by atoms with E-state index in [1.807, 2.05) is 4.90 Å². The SMILES string of the molecule is CCN1CCN(Cc2ccc(NC(=O)c3ccc(C)c(NC(=O)c4cccc5c(N)ncnc45)c3)cc2C(F)(F)F)CC1. The number of rotatable bonds is 7. The fraction of sp³-hybridized carbons (Fsp3) is 0.290. The molecule has 0 radical (unpaired) electrons. The number of carbonyl (C=O) groups excluding carboxylic acids is 2. The van der Waals surface area contributed by atoms with E-state index in [9.17, 15) is 22.8 Å². The maximum atomic E-state index is 14.0. The van der Waals surface area contributed by atoms with Crippen molar-refractivity contribution in [3.05, 3.63) is 88.7 Å². The quantitative estimate of drug-likeness (QED) is 0.271. The van der Waals surface area contributed by atoms with E-state index < -0.39 is 23.6 Å². The molecule has 1 aliphatic heterocycles. The number of nitrogens with zero attached hydrogens (tertiary/aromatic N) is 4. The minimum absolute atomic E-state index is 0.0241. The van der Waals surface area contributed by atoms with Crippen LogP contribution in [0.5, 0.6) is 0 Å². The Labute approximate surface area is 246 Å². The normalized spacial score (nSPS) is 14.5. The molecule has 5 rings (SSSR count). The molecule has 1 fully saturated rings. The molecule has 0 atom stereocenters. The molecular weight excluding hydrogens is 559 g/mol. The Balaban J connectivity index is 1.33. The van der Waals surface area contributed by atoms with Gasteiger partial charge in [0.05, 0.1) is 16.6 Å². The zero-order valence-corrected chi connectivity index (χ0v) is 23.8. The van der Waals surface area contributed by atoms with Gasteiger partial charge in [0, 0.05) is 55.0 Å². The molecule has 0 aliphatic carbocycles. The van der Waals surface area contributed by atoms with Crippen molar-refractivity contribution in [1.29, 1.82) is 0 Å². The van der Waals surface area contributed by atoms with Gasteiger partial charge in [0.15, 0.2) is 0 Å². The van der Waals surface area contributed by atoms with E-state index >= 15 is 0 Å². The Kier molecular flexibility index (Phi) is 8.60. The van der Waals surface area contributed by atoms with Crippen molar-refractivity contribution in [3.63, 3.8) is 0 Å². The van der Waals surface area contributed by atoms with Gasteiger partial charge in [-0.15, -0.1) is 0 Å². The highest BCUT2D eigenvalue weighted by molar-refractivity contribution is 6.13. The third kappa shape index (κ3) is 6.76. The maximum absolute atomic E-state index is 14.0. The first-order valence-corrected chi connectivity index (χ1v) is 13.9. The van der Waals surface area contributed by atoms with Crippen LogP contribution in [-0.4, -0.2) is 64.3 Å². The zero-order chi connectivity index (χ0) is 30.7. The number of hydrogen-bond acceptors (Lipinski definition) is 7. The lowest BCUT2D eigenvalue weighted by Gasteiger charge is -2.34. The van der Waals surface area contributed by atoms with Gasteiger partial charge in [0.2, 0.25) is 0 Å². The molecule has 4 aromatic rings. The second kappa shape index (κ2) is 12.4. The van der Waals surface area contributed by atoms with Crippen molar-refractivity contribution in [2.45, 2.75) is 26.6 Å². The molecule has 0 saturated carbocycles. The number of likely N-dealkylation sites (N-methyl/N-ethyl adjacent to an activating group) is 1. The van der Waals surface area contributed by atoms with E-state index in [0.29, 0.717) is 35.2 Å². The summed E-state index contributed by atoms with van der Waals surface area (Å²) in [5, 5.41) is 5.91. The van der Waals surface area contributed by atoms with E-state index in [4.69, 9.17) is 5.73 Å². The first-order chi connectivity index (χ1) is 20.5. The summed E-state index contributed by atoms with van der Waals surface area (Å²) in [5.74, 6) is -0.838. The lowest BCUT2D eigenvalue weighted by atomic mass is 10.0. The van der Waals surface area contributed by atoms with Crippen LogP contribution in [0.1, 0.15) is 44.3 Å². The van der Waals surface area contributed by atoms with Gasteiger partial charge in [0.1, 0.15) is 12.1 Å². The monoisotopic (exact) mass is 591 g/mol. The molecule has 9 nitrogen and oxygen atoms in total.